The van der Waals surface area contributed by atoms with Gasteiger partial charge in [-0.2, -0.15) is 0 Å². The van der Waals surface area contributed by atoms with E-state index in [-0.39, 0.29) is 18.3 Å². The van der Waals surface area contributed by atoms with E-state index in [9.17, 15) is 14.0 Å². The van der Waals surface area contributed by atoms with Crippen LogP contribution in [-0.4, -0.2) is 66.1 Å². The van der Waals surface area contributed by atoms with Crippen molar-refractivity contribution >= 4 is 40.3 Å². The fraction of sp³-hybridized carbons (Fsp3) is 0.320. The fourth-order valence-corrected chi connectivity index (χ4v) is 4.73. The van der Waals surface area contributed by atoms with E-state index in [1.54, 1.807) is 33.9 Å². The lowest BCUT2D eigenvalue weighted by molar-refractivity contribution is 0.0365. The summed E-state index contributed by atoms with van der Waals surface area (Å²) in [5, 5.41) is 3.51. The number of morpholine rings is 1. The first kappa shape index (κ1) is 25.5. The van der Waals surface area contributed by atoms with Gasteiger partial charge in [-0.3, -0.25) is 19.6 Å². The van der Waals surface area contributed by atoms with Crippen molar-refractivity contribution < 1.29 is 18.7 Å². The van der Waals surface area contributed by atoms with Crippen LogP contribution in [0.3, 0.4) is 0 Å². The Labute approximate surface area is 213 Å². The Morgan fingerprint density at radius 1 is 1.17 bits per heavy atom. The summed E-state index contributed by atoms with van der Waals surface area (Å²) in [5.74, 6) is -1.07. The van der Waals surface area contributed by atoms with Gasteiger partial charge in [0.25, 0.3) is 5.91 Å². The number of nitrogens with zero attached hydrogens (tertiary/aromatic N) is 4. The summed E-state index contributed by atoms with van der Waals surface area (Å²) >= 11 is 1.36. The molecule has 0 bridgehead atoms. The fourth-order valence-electron chi connectivity index (χ4n) is 4.03. The Bertz CT molecular complexity index is 1180. The number of aromatic nitrogens is 1. The Balaban J connectivity index is 1.60. The molecule has 0 aliphatic carbocycles. The minimum absolute atomic E-state index is 0.149. The molecule has 9 nitrogen and oxygen atoms in total. The topological polar surface area (TPSA) is 118 Å². The summed E-state index contributed by atoms with van der Waals surface area (Å²) in [6, 6.07) is 8.79. The summed E-state index contributed by atoms with van der Waals surface area (Å²) in [4.78, 5) is 35.0. The number of carbonyl (C=O) groups is 2. The molecule has 1 saturated heterocycles. The smallest absolute Gasteiger partial charge is 0.329 e. The molecule has 4 N–H and O–H groups in total. The van der Waals surface area contributed by atoms with Gasteiger partial charge in [-0.15, -0.1) is 11.3 Å². The SMILES string of the molecule is NC(=O)c1ccc(CN(CCCN2CCOCC2)C(=O)N(c2cccc(F)c2)c2cscc2N)cn1. The highest BCUT2D eigenvalue weighted by molar-refractivity contribution is 7.09. The zero-order valence-electron chi connectivity index (χ0n) is 19.8. The number of hydrogen-bond acceptors (Lipinski definition) is 7. The average molecular weight is 513 g/mol. The predicted molar refractivity (Wildman–Crippen MR) is 138 cm³/mol. The number of pyridine rings is 1. The van der Waals surface area contributed by atoms with Crippen LogP contribution in [0.25, 0.3) is 0 Å². The number of carbonyl (C=O) groups excluding carboxylic acids is 2. The quantitative estimate of drug-likeness (QED) is 0.454. The first-order valence-electron chi connectivity index (χ1n) is 11.6. The van der Waals surface area contributed by atoms with E-state index in [4.69, 9.17) is 16.2 Å². The van der Waals surface area contributed by atoms with Crippen LogP contribution in [0.5, 0.6) is 0 Å². The van der Waals surface area contributed by atoms with E-state index in [2.05, 4.69) is 9.88 Å². The molecule has 1 aliphatic rings. The number of amides is 3. The average Bonchev–Trinajstić information content (AvgIpc) is 3.29. The number of ether oxygens (including phenoxy) is 1. The minimum atomic E-state index is -0.620. The lowest BCUT2D eigenvalue weighted by Gasteiger charge is -2.32. The van der Waals surface area contributed by atoms with Crippen LogP contribution >= 0.6 is 11.3 Å². The van der Waals surface area contributed by atoms with Crippen molar-refractivity contribution in [2.75, 3.05) is 50.0 Å². The molecule has 0 unspecified atom stereocenters. The van der Waals surface area contributed by atoms with Gasteiger partial charge in [0, 0.05) is 49.7 Å². The van der Waals surface area contributed by atoms with Gasteiger partial charge in [0.2, 0.25) is 0 Å². The standard InChI is InChI=1S/C25H29FN6O3S/c26-19-3-1-4-20(13-19)32(23-17-36-16-21(23)27)25(34)31(8-2-7-30-9-11-35-12-10-30)15-18-5-6-22(24(28)33)29-14-18/h1,3-6,13-14,16-17H,2,7-12,15,27H2,(H2,28,33). The molecule has 1 aromatic carbocycles. The van der Waals surface area contributed by atoms with Crippen molar-refractivity contribution in [3.05, 3.63) is 70.4 Å². The molecule has 0 saturated carbocycles. The molecular formula is C25H29FN6O3S. The van der Waals surface area contributed by atoms with Crippen molar-refractivity contribution in [1.82, 2.24) is 14.8 Å². The molecule has 3 amide bonds. The van der Waals surface area contributed by atoms with Gasteiger partial charge in [-0.05, 0) is 36.2 Å². The summed E-state index contributed by atoms with van der Waals surface area (Å²) in [6.45, 7) is 4.61. The van der Waals surface area contributed by atoms with Crippen LogP contribution in [0, 0.1) is 5.82 Å². The molecule has 3 heterocycles. The summed E-state index contributed by atoms with van der Waals surface area (Å²) in [7, 11) is 0. The second-order valence-electron chi connectivity index (χ2n) is 8.46. The molecule has 1 fully saturated rings. The van der Waals surface area contributed by atoms with E-state index in [1.807, 2.05) is 0 Å². The number of anilines is 3. The van der Waals surface area contributed by atoms with Crippen molar-refractivity contribution in [1.29, 1.82) is 0 Å². The number of urea groups is 1. The predicted octanol–water partition coefficient (Wildman–Crippen LogP) is 3.45. The van der Waals surface area contributed by atoms with Crippen molar-refractivity contribution in [2.24, 2.45) is 5.73 Å². The lowest BCUT2D eigenvalue weighted by Crippen LogP contribution is -2.43. The molecule has 0 radical (unpaired) electrons. The van der Waals surface area contributed by atoms with Gasteiger partial charge in [-0.25, -0.2) is 9.18 Å². The van der Waals surface area contributed by atoms with Crippen LogP contribution < -0.4 is 16.4 Å². The van der Waals surface area contributed by atoms with Crippen molar-refractivity contribution in [3.8, 4) is 0 Å². The molecule has 3 aromatic rings. The highest BCUT2D eigenvalue weighted by atomic mass is 32.1. The lowest BCUT2D eigenvalue weighted by atomic mass is 10.2. The van der Waals surface area contributed by atoms with Gasteiger partial charge in [0.15, 0.2) is 0 Å². The van der Waals surface area contributed by atoms with Gasteiger partial charge in [-0.1, -0.05) is 12.1 Å². The van der Waals surface area contributed by atoms with Gasteiger partial charge < -0.3 is 21.1 Å². The third-order valence-electron chi connectivity index (χ3n) is 5.90. The number of hydrogen-bond donors (Lipinski definition) is 2. The zero-order chi connectivity index (χ0) is 25.5. The molecule has 0 spiro atoms. The highest BCUT2D eigenvalue weighted by Crippen LogP contribution is 2.35. The largest absolute Gasteiger partial charge is 0.396 e. The van der Waals surface area contributed by atoms with Gasteiger partial charge in [0.1, 0.15) is 11.5 Å². The third-order valence-corrected chi connectivity index (χ3v) is 6.65. The van der Waals surface area contributed by atoms with Crippen LogP contribution in [-0.2, 0) is 11.3 Å². The first-order valence-corrected chi connectivity index (χ1v) is 12.6. The molecule has 36 heavy (non-hydrogen) atoms. The second-order valence-corrected chi connectivity index (χ2v) is 9.20. The van der Waals surface area contributed by atoms with Crippen LogP contribution in [0.1, 0.15) is 22.5 Å². The van der Waals surface area contributed by atoms with E-state index >= 15 is 0 Å². The Morgan fingerprint density at radius 3 is 2.61 bits per heavy atom. The Morgan fingerprint density at radius 2 is 1.97 bits per heavy atom. The Hall–Kier alpha value is -3.54. The van der Waals surface area contributed by atoms with E-state index in [0.29, 0.717) is 36.8 Å². The number of benzene rings is 1. The summed E-state index contributed by atoms with van der Waals surface area (Å²) < 4.78 is 19.6. The Kier molecular flexibility index (Phi) is 8.47. The number of rotatable bonds is 9. The monoisotopic (exact) mass is 512 g/mol. The molecule has 4 rings (SSSR count). The molecule has 1 aliphatic heterocycles. The third kappa shape index (κ3) is 6.36. The summed E-state index contributed by atoms with van der Waals surface area (Å²) in [5.41, 5.74) is 13.7. The maximum atomic E-state index is 14.2. The normalized spacial score (nSPS) is 13.9. The minimum Gasteiger partial charge on any atom is -0.396 e. The zero-order valence-corrected chi connectivity index (χ0v) is 20.6. The van der Waals surface area contributed by atoms with Gasteiger partial charge in [0.05, 0.1) is 30.3 Å². The summed E-state index contributed by atoms with van der Waals surface area (Å²) in [6.07, 6.45) is 2.27. The van der Waals surface area contributed by atoms with E-state index < -0.39 is 11.7 Å². The molecule has 0 atom stereocenters. The van der Waals surface area contributed by atoms with E-state index in [0.717, 1.165) is 31.6 Å². The first-order chi connectivity index (χ1) is 17.4. The van der Waals surface area contributed by atoms with Crippen molar-refractivity contribution in [2.45, 2.75) is 13.0 Å². The molecule has 2 aromatic heterocycles. The number of nitrogens with two attached hydrogens (primary N) is 2. The maximum Gasteiger partial charge on any atom is 0.329 e. The second kappa shape index (κ2) is 11.9. The van der Waals surface area contributed by atoms with Crippen LogP contribution in [0.2, 0.25) is 0 Å². The van der Waals surface area contributed by atoms with Gasteiger partial charge >= 0.3 is 6.03 Å². The highest BCUT2D eigenvalue weighted by Gasteiger charge is 2.27. The molecular weight excluding hydrogens is 483 g/mol. The van der Waals surface area contributed by atoms with Crippen LogP contribution in [0.4, 0.5) is 26.2 Å². The van der Waals surface area contributed by atoms with Crippen LogP contribution in [0.15, 0.2) is 53.4 Å². The number of primary amides is 1. The van der Waals surface area contributed by atoms with E-state index in [1.165, 1.54) is 40.6 Å². The molecule has 11 heteroatoms. The maximum absolute atomic E-state index is 14.2. The number of nitrogen functional groups attached to an aromatic ring is 1. The number of halogens is 1. The van der Waals surface area contributed by atoms with Crippen molar-refractivity contribution in [3.63, 3.8) is 0 Å². The number of thiophene rings is 1. The molecule has 190 valence electrons.